The lowest BCUT2D eigenvalue weighted by Crippen LogP contribution is -1.98. The maximum Gasteiger partial charge on any atom is 0.125 e. The average Bonchev–Trinajstić information content (AvgIpc) is 2.86. The standard InChI is InChI=1S/C17H18O2S/c1-13-6-5-7-14(2)17(13)19-12-16-15(9-11-20-16)8-3-4-10-18/h5-7,9,11,18H,4,10,12H2,1-2H3. The third kappa shape index (κ3) is 3.63. The highest BCUT2D eigenvalue weighted by molar-refractivity contribution is 7.10. The Morgan fingerprint density at radius 1 is 1.20 bits per heavy atom. The van der Waals surface area contributed by atoms with E-state index in [2.05, 4.69) is 37.8 Å². The van der Waals surface area contributed by atoms with Crippen molar-refractivity contribution in [2.24, 2.45) is 0 Å². The summed E-state index contributed by atoms with van der Waals surface area (Å²) in [6.07, 6.45) is 0.507. The number of hydrogen-bond donors (Lipinski definition) is 1. The molecule has 104 valence electrons. The molecule has 0 aliphatic carbocycles. The number of aliphatic hydroxyl groups excluding tert-OH is 1. The normalized spacial score (nSPS) is 9.95. The third-order valence-corrected chi connectivity index (χ3v) is 3.86. The van der Waals surface area contributed by atoms with Crippen molar-refractivity contribution in [3.05, 3.63) is 51.2 Å². The minimum absolute atomic E-state index is 0.103. The molecule has 20 heavy (non-hydrogen) atoms. The summed E-state index contributed by atoms with van der Waals surface area (Å²) in [6, 6.07) is 8.14. The fraction of sp³-hybridized carbons (Fsp3) is 0.294. The number of hydrogen-bond acceptors (Lipinski definition) is 3. The molecule has 1 heterocycles. The molecule has 0 fully saturated rings. The van der Waals surface area contributed by atoms with Gasteiger partial charge in [0.05, 0.1) is 11.5 Å². The number of aliphatic hydroxyl groups is 1. The van der Waals surface area contributed by atoms with E-state index >= 15 is 0 Å². The number of para-hydroxylation sites is 1. The molecule has 0 aliphatic heterocycles. The maximum atomic E-state index is 8.75. The highest BCUT2D eigenvalue weighted by Crippen LogP contribution is 2.25. The number of aryl methyl sites for hydroxylation is 2. The lowest BCUT2D eigenvalue weighted by Gasteiger charge is -2.11. The van der Waals surface area contributed by atoms with Crippen molar-refractivity contribution in [2.75, 3.05) is 6.61 Å². The highest BCUT2D eigenvalue weighted by atomic mass is 32.1. The van der Waals surface area contributed by atoms with Crippen molar-refractivity contribution < 1.29 is 9.84 Å². The Balaban J connectivity index is 2.09. The Morgan fingerprint density at radius 2 is 1.95 bits per heavy atom. The Labute approximate surface area is 124 Å². The van der Waals surface area contributed by atoms with Crippen LogP contribution < -0.4 is 4.74 Å². The van der Waals surface area contributed by atoms with E-state index in [1.807, 2.05) is 17.5 Å². The van der Waals surface area contributed by atoms with E-state index in [0.717, 1.165) is 27.3 Å². The molecule has 0 amide bonds. The van der Waals surface area contributed by atoms with Crippen LogP contribution >= 0.6 is 11.3 Å². The molecule has 3 heteroatoms. The van der Waals surface area contributed by atoms with Gasteiger partial charge in [-0.2, -0.15) is 0 Å². The molecule has 0 aliphatic rings. The number of thiophene rings is 1. The van der Waals surface area contributed by atoms with Crippen molar-refractivity contribution in [2.45, 2.75) is 26.9 Å². The van der Waals surface area contributed by atoms with Crippen molar-refractivity contribution in [1.82, 2.24) is 0 Å². The second kappa shape index (κ2) is 7.14. The van der Waals surface area contributed by atoms with E-state index in [1.165, 1.54) is 0 Å². The number of rotatable bonds is 4. The Kier molecular flexibility index (Phi) is 5.23. The molecular formula is C17H18O2S. The first-order valence-electron chi connectivity index (χ1n) is 6.57. The molecule has 1 aromatic carbocycles. The molecule has 1 N–H and O–H groups in total. The quantitative estimate of drug-likeness (QED) is 0.869. The summed E-state index contributed by atoms with van der Waals surface area (Å²) in [4.78, 5) is 1.12. The molecular weight excluding hydrogens is 268 g/mol. The van der Waals surface area contributed by atoms with Crippen LogP contribution in [0.3, 0.4) is 0 Å². The van der Waals surface area contributed by atoms with Crippen molar-refractivity contribution in [1.29, 1.82) is 0 Å². The van der Waals surface area contributed by atoms with Gasteiger partial charge in [-0.15, -0.1) is 11.3 Å². The monoisotopic (exact) mass is 286 g/mol. The first-order chi connectivity index (χ1) is 9.72. The SMILES string of the molecule is Cc1cccc(C)c1OCc1sccc1C#CCCO. The van der Waals surface area contributed by atoms with E-state index in [9.17, 15) is 0 Å². The topological polar surface area (TPSA) is 29.5 Å². The summed E-state index contributed by atoms with van der Waals surface area (Å²) in [5.41, 5.74) is 3.29. The zero-order valence-electron chi connectivity index (χ0n) is 11.8. The van der Waals surface area contributed by atoms with Crippen LogP contribution in [0.15, 0.2) is 29.6 Å². The predicted octanol–water partition coefficient (Wildman–Crippen LogP) is 3.68. The summed E-state index contributed by atoms with van der Waals surface area (Å²) in [7, 11) is 0. The van der Waals surface area contributed by atoms with Gasteiger partial charge in [0.1, 0.15) is 12.4 Å². The van der Waals surface area contributed by atoms with Crippen molar-refractivity contribution in [3.8, 4) is 17.6 Å². The van der Waals surface area contributed by atoms with Crippen LogP contribution in [0.4, 0.5) is 0 Å². The van der Waals surface area contributed by atoms with Gasteiger partial charge in [-0.25, -0.2) is 0 Å². The molecule has 2 aromatic rings. The largest absolute Gasteiger partial charge is 0.487 e. The molecule has 2 nitrogen and oxygen atoms in total. The minimum Gasteiger partial charge on any atom is -0.487 e. The van der Waals surface area contributed by atoms with E-state index in [0.29, 0.717) is 13.0 Å². The van der Waals surface area contributed by atoms with Gasteiger partial charge in [-0.3, -0.25) is 0 Å². The lowest BCUT2D eigenvalue weighted by molar-refractivity contribution is 0.305. The van der Waals surface area contributed by atoms with Gasteiger partial charge >= 0.3 is 0 Å². The molecule has 0 radical (unpaired) electrons. The van der Waals surface area contributed by atoms with E-state index < -0.39 is 0 Å². The van der Waals surface area contributed by atoms with Gasteiger partial charge in [0.2, 0.25) is 0 Å². The minimum atomic E-state index is 0.103. The molecule has 0 unspecified atom stereocenters. The first kappa shape index (κ1) is 14.6. The number of ether oxygens (including phenoxy) is 1. The predicted molar refractivity (Wildman–Crippen MR) is 83.1 cm³/mol. The Hall–Kier alpha value is -1.76. The van der Waals surface area contributed by atoms with Gasteiger partial charge in [0, 0.05) is 12.0 Å². The van der Waals surface area contributed by atoms with Crippen LogP contribution in [0.2, 0.25) is 0 Å². The van der Waals surface area contributed by atoms with Crippen LogP contribution in [0.25, 0.3) is 0 Å². The van der Waals surface area contributed by atoms with Gasteiger partial charge in [-0.05, 0) is 36.4 Å². The molecule has 0 bridgehead atoms. The molecule has 0 atom stereocenters. The average molecular weight is 286 g/mol. The van der Waals surface area contributed by atoms with E-state index in [-0.39, 0.29) is 6.61 Å². The molecule has 0 saturated heterocycles. The van der Waals surface area contributed by atoms with Crippen LogP contribution in [0.1, 0.15) is 28.0 Å². The van der Waals surface area contributed by atoms with Crippen molar-refractivity contribution in [3.63, 3.8) is 0 Å². The summed E-state index contributed by atoms with van der Waals surface area (Å²) in [5.74, 6) is 6.98. The van der Waals surface area contributed by atoms with Gasteiger partial charge in [-0.1, -0.05) is 30.0 Å². The smallest absolute Gasteiger partial charge is 0.125 e. The second-order valence-electron chi connectivity index (χ2n) is 4.54. The van der Waals surface area contributed by atoms with Gasteiger partial charge in [0.25, 0.3) is 0 Å². The number of benzene rings is 1. The molecule has 2 rings (SSSR count). The maximum absolute atomic E-state index is 8.75. The van der Waals surface area contributed by atoms with Crippen molar-refractivity contribution >= 4 is 11.3 Å². The Bertz CT molecular complexity index is 612. The van der Waals surface area contributed by atoms with Gasteiger partial charge in [0.15, 0.2) is 0 Å². The second-order valence-corrected chi connectivity index (χ2v) is 5.54. The van der Waals surface area contributed by atoms with Crippen LogP contribution in [-0.4, -0.2) is 11.7 Å². The fourth-order valence-electron chi connectivity index (χ4n) is 1.94. The summed E-state index contributed by atoms with van der Waals surface area (Å²) in [6.45, 7) is 4.75. The highest BCUT2D eigenvalue weighted by Gasteiger charge is 2.06. The molecule has 0 saturated carbocycles. The van der Waals surface area contributed by atoms with Crippen LogP contribution in [-0.2, 0) is 6.61 Å². The van der Waals surface area contributed by atoms with E-state index in [1.54, 1.807) is 11.3 Å². The molecule has 0 spiro atoms. The van der Waals surface area contributed by atoms with Gasteiger partial charge < -0.3 is 9.84 Å². The van der Waals surface area contributed by atoms with E-state index in [4.69, 9.17) is 9.84 Å². The Morgan fingerprint density at radius 3 is 2.65 bits per heavy atom. The van der Waals surface area contributed by atoms with Crippen LogP contribution in [0.5, 0.6) is 5.75 Å². The first-order valence-corrected chi connectivity index (χ1v) is 7.45. The third-order valence-electron chi connectivity index (χ3n) is 2.96. The summed E-state index contributed by atoms with van der Waals surface area (Å²) < 4.78 is 5.95. The van der Waals surface area contributed by atoms with Crippen LogP contribution in [0, 0.1) is 25.7 Å². The zero-order chi connectivity index (χ0) is 14.4. The fourth-order valence-corrected chi connectivity index (χ4v) is 2.68. The lowest BCUT2D eigenvalue weighted by atomic mass is 10.1. The summed E-state index contributed by atoms with van der Waals surface area (Å²) >= 11 is 1.65. The zero-order valence-corrected chi connectivity index (χ0v) is 12.6. The summed E-state index contributed by atoms with van der Waals surface area (Å²) in [5, 5.41) is 10.8. The molecule has 1 aromatic heterocycles.